The summed E-state index contributed by atoms with van der Waals surface area (Å²) in [5, 5.41) is 3.09. The van der Waals surface area contributed by atoms with Gasteiger partial charge in [0.15, 0.2) is 0 Å². The molecule has 0 amide bonds. The van der Waals surface area contributed by atoms with Gasteiger partial charge in [0.2, 0.25) is 10.0 Å². The van der Waals surface area contributed by atoms with Crippen LogP contribution in [0.15, 0.2) is 18.2 Å². The fourth-order valence-electron chi connectivity index (χ4n) is 1.52. The van der Waals surface area contributed by atoms with E-state index >= 15 is 0 Å². The van der Waals surface area contributed by atoms with Crippen LogP contribution in [0.25, 0.3) is 0 Å². The Morgan fingerprint density at radius 3 is 2.39 bits per heavy atom. The van der Waals surface area contributed by atoms with Crippen LogP contribution in [0.1, 0.15) is 25.0 Å². The number of benzene rings is 1. The molecule has 0 radical (unpaired) electrons. The van der Waals surface area contributed by atoms with Gasteiger partial charge < -0.3 is 5.32 Å². The molecule has 0 saturated heterocycles. The minimum Gasteiger partial charge on any atom is -0.313 e. The van der Waals surface area contributed by atoms with Crippen LogP contribution in [0, 0.1) is 13.8 Å². The Hall–Kier alpha value is -1.07. The van der Waals surface area contributed by atoms with Crippen LogP contribution in [-0.2, 0) is 10.0 Å². The number of hydrogen-bond acceptors (Lipinski definition) is 3. The Kier molecular flexibility index (Phi) is 5.16. The highest BCUT2D eigenvalue weighted by atomic mass is 32.2. The van der Waals surface area contributed by atoms with Gasteiger partial charge in [-0.1, -0.05) is 19.9 Å². The Morgan fingerprint density at radius 1 is 1.17 bits per heavy atom. The van der Waals surface area contributed by atoms with E-state index in [0.717, 1.165) is 11.1 Å². The first-order valence-electron chi connectivity index (χ1n) is 6.11. The Labute approximate surface area is 110 Å². The van der Waals surface area contributed by atoms with Crippen LogP contribution in [0.5, 0.6) is 0 Å². The van der Waals surface area contributed by atoms with E-state index in [9.17, 15) is 8.42 Å². The van der Waals surface area contributed by atoms with Crippen LogP contribution >= 0.6 is 0 Å². The Balaban J connectivity index is 2.62. The van der Waals surface area contributed by atoms with Crippen LogP contribution in [-0.4, -0.2) is 26.8 Å². The summed E-state index contributed by atoms with van der Waals surface area (Å²) in [6.07, 6.45) is 0. The highest BCUT2D eigenvalue weighted by molar-refractivity contribution is 7.92. The molecule has 0 aliphatic rings. The fraction of sp³-hybridized carbons (Fsp3) is 0.538. The summed E-state index contributed by atoms with van der Waals surface area (Å²) in [6, 6.07) is 5.85. The molecule has 4 nitrogen and oxygen atoms in total. The lowest BCUT2D eigenvalue weighted by Crippen LogP contribution is -2.30. The van der Waals surface area contributed by atoms with Gasteiger partial charge in [-0.2, -0.15) is 0 Å². The monoisotopic (exact) mass is 270 g/mol. The second-order valence-corrected chi connectivity index (χ2v) is 6.67. The van der Waals surface area contributed by atoms with E-state index in [-0.39, 0.29) is 5.75 Å². The lowest BCUT2D eigenvalue weighted by atomic mass is 10.1. The van der Waals surface area contributed by atoms with Gasteiger partial charge in [0.25, 0.3) is 0 Å². The molecule has 1 aromatic carbocycles. The molecule has 0 fully saturated rings. The molecule has 0 saturated carbocycles. The third-order valence-electron chi connectivity index (χ3n) is 2.70. The minimum atomic E-state index is -3.27. The summed E-state index contributed by atoms with van der Waals surface area (Å²) in [6.45, 7) is 8.40. The Bertz CT molecular complexity index is 496. The van der Waals surface area contributed by atoms with Crippen molar-refractivity contribution in [3.8, 4) is 0 Å². The second kappa shape index (κ2) is 6.20. The zero-order valence-corrected chi connectivity index (χ0v) is 12.3. The van der Waals surface area contributed by atoms with Crippen molar-refractivity contribution >= 4 is 15.7 Å². The average Bonchev–Trinajstić information content (AvgIpc) is 2.22. The summed E-state index contributed by atoms with van der Waals surface area (Å²) in [4.78, 5) is 0. The van der Waals surface area contributed by atoms with E-state index in [1.807, 2.05) is 39.8 Å². The van der Waals surface area contributed by atoms with E-state index in [4.69, 9.17) is 0 Å². The number of rotatable bonds is 6. The van der Waals surface area contributed by atoms with Crippen molar-refractivity contribution in [3.63, 3.8) is 0 Å². The lowest BCUT2D eigenvalue weighted by molar-refractivity contribution is 0.582. The maximum absolute atomic E-state index is 11.8. The summed E-state index contributed by atoms with van der Waals surface area (Å²) < 4.78 is 26.2. The molecule has 0 aromatic heterocycles. The van der Waals surface area contributed by atoms with Gasteiger partial charge in [0, 0.05) is 18.3 Å². The van der Waals surface area contributed by atoms with Crippen molar-refractivity contribution in [2.24, 2.45) is 0 Å². The maximum atomic E-state index is 11.8. The quantitative estimate of drug-likeness (QED) is 0.831. The third-order valence-corrected chi connectivity index (χ3v) is 3.99. The molecule has 102 valence electrons. The molecular weight excluding hydrogens is 248 g/mol. The molecule has 0 heterocycles. The van der Waals surface area contributed by atoms with E-state index in [1.54, 1.807) is 6.07 Å². The van der Waals surface area contributed by atoms with Gasteiger partial charge in [-0.3, -0.25) is 4.72 Å². The Morgan fingerprint density at radius 2 is 1.83 bits per heavy atom. The van der Waals surface area contributed by atoms with Gasteiger partial charge in [-0.05, 0) is 37.1 Å². The molecule has 0 atom stereocenters. The molecule has 0 unspecified atom stereocenters. The number of anilines is 1. The van der Waals surface area contributed by atoms with E-state index in [1.165, 1.54) is 0 Å². The van der Waals surface area contributed by atoms with Crippen molar-refractivity contribution < 1.29 is 8.42 Å². The molecule has 1 aromatic rings. The molecule has 0 spiro atoms. The molecule has 2 N–H and O–H groups in total. The van der Waals surface area contributed by atoms with E-state index < -0.39 is 10.0 Å². The van der Waals surface area contributed by atoms with Crippen LogP contribution in [0.4, 0.5) is 5.69 Å². The van der Waals surface area contributed by atoms with Gasteiger partial charge in [-0.25, -0.2) is 8.42 Å². The smallest absolute Gasteiger partial charge is 0.233 e. The first-order chi connectivity index (χ1) is 8.30. The normalized spacial score (nSPS) is 11.8. The average molecular weight is 270 g/mol. The zero-order chi connectivity index (χ0) is 13.8. The predicted octanol–water partition coefficient (Wildman–Crippen LogP) is 2.04. The molecule has 5 heteroatoms. The number of sulfonamides is 1. The zero-order valence-electron chi connectivity index (χ0n) is 11.4. The van der Waals surface area contributed by atoms with Gasteiger partial charge in [0.05, 0.1) is 5.75 Å². The fourth-order valence-corrected chi connectivity index (χ4v) is 2.49. The standard InChI is InChI=1S/C13H22N2O2S/c1-10(2)14-7-8-18(16,17)15-13-6-5-11(3)12(4)9-13/h5-6,9-10,14-15H,7-8H2,1-4H3. The van der Waals surface area contributed by atoms with Crippen LogP contribution in [0.2, 0.25) is 0 Å². The highest BCUT2D eigenvalue weighted by Gasteiger charge is 2.10. The second-order valence-electron chi connectivity index (χ2n) is 4.83. The van der Waals surface area contributed by atoms with E-state index in [2.05, 4.69) is 10.0 Å². The number of aryl methyl sites for hydroxylation is 2. The highest BCUT2D eigenvalue weighted by Crippen LogP contribution is 2.15. The van der Waals surface area contributed by atoms with Gasteiger partial charge in [-0.15, -0.1) is 0 Å². The molecule has 0 aliphatic heterocycles. The summed E-state index contributed by atoms with van der Waals surface area (Å²) in [5.41, 5.74) is 2.86. The predicted molar refractivity (Wildman–Crippen MR) is 76.5 cm³/mol. The third kappa shape index (κ3) is 5.06. The van der Waals surface area contributed by atoms with Crippen LogP contribution < -0.4 is 10.0 Å². The topological polar surface area (TPSA) is 58.2 Å². The maximum Gasteiger partial charge on any atom is 0.233 e. The van der Waals surface area contributed by atoms with Gasteiger partial charge >= 0.3 is 0 Å². The van der Waals surface area contributed by atoms with Gasteiger partial charge in [0.1, 0.15) is 0 Å². The molecule has 1 rings (SSSR count). The molecule has 0 aliphatic carbocycles. The summed E-state index contributed by atoms with van der Waals surface area (Å²) in [7, 11) is -3.27. The largest absolute Gasteiger partial charge is 0.313 e. The lowest BCUT2D eigenvalue weighted by Gasteiger charge is -2.11. The van der Waals surface area contributed by atoms with Crippen molar-refractivity contribution in [1.82, 2.24) is 5.32 Å². The molecule has 0 bridgehead atoms. The van der Waals surface area contributed by atoms with E-state index in [0.29, 0.717) is 18.3 Å². The first kappa shape index (κ1) is 15.0. The number of nitrogens with one attached hydrogen (secondary N) is 2. The van der Waals surface area contributed by atoms with Crippen molar-refractivity contribution in [2.75, 3.05) is 17.0 Å². The molecular formula is C13H22N2O2S. The van der Waals surface area contributed by atoms with Crippen LogP contribution in [0.3, 0.4) is 0 Å². The first-order valence-corrected chi connectivity index (χ1v) is 7.76. The summed E-state index contributed by atoms with van der Waals surface area (Å²) >= 11 is 0. The van der Waals surface area contributed by atoms with Crippen molar-refractivity contribution in [2.45, 2.75) is 33.7 Å². The van der Waals surface area contributed by atoms with Crippen molar-refractivity contribution in [3.05, 3.63) is 29.3 Å². The number of hydrogen-bond donors (Lipinski definition) is 2. The van der Waals surface area contributed by atoms with Crippen molar-refractivity contribution in [1.29, 1.82) is 0 Å². The molecule has 18 heavy (non-hydrogen) atoms. The minimum absolute atomic E-state index is 0.0815. The SMILES string of the molecule is Cc1ccc(NS(=O)(=O)CCNC(C)C)cc1C. The summed E-state index contributed by atoms with van der Waals surface area (Å²) in [5.74, 6) is 0.0815.